The highest BCUT2D eigenvalue weighted by atomic mass is 16.6. The molecule has 0 saturated carbocycles. The number of non-ortho nitro benzene ring substituents is 1. The lowest BCUT2D eigenvalue weighted by Gasteiger charge is -2.22. The van der Waals surface area contributed by atoms with Crippen molar-refractivity contribution in [2.75, 3.05) is 19.0 Å². The van der Waals surface area contributed by atoms with Crippen molar-refractivity contribution in [2.24, 2.45) is 0 Å². The summed E-state index contributed by atoms with van der Waals surface area (Å²) in [5.41, 5.74) is -1.04. The van der Waals surface area contributed by atoms with Gasteiger partial charge in [-0.3, -0.25) is 19.7 Å². The number of rotatable bonds is 5. The van der Waals surface area contributed by atoms with Crippen LogP contribution in [-0.4, -0.2) is 41.1 Å². The Morgan fingerprint density at radius 2 is 2.00 bits per heavy atom. The summed E-state index contributed by atoms with van der Waals surface area (Å²) in [4.78, 5) is 33.6. The number of nitrogens with one attached hydrogen (secondary N) is 2. The fraction of sp³-hybridized carbons (Fsp3) is 0.385. The van der Waals surface area contributed by atoms with Crippen LogP contribution in [0.1, 0.15) is 13.8 Å². The second-order valence-corrected chi connectivity index (χ2v) is 5.09. The molecule has 0 heterocycles. The molecular weight excluding hydrogens is 294 g/mol. The number of aliphatic hydroxyl groups excluding tert-OH is 1. The number of benzene rings is 1. The van der Waals surface area contributed by atoms with Gasteiger partial charge in [0, 0.05) is 6.07 Å². The first kappa shape index (κ1) is 17.4. The van der Waals surface area contributed by atoms with Crippen LogP contribution in [-0.2, 0) is 9.59 Å². The maximum absolute atomic E-state index is 11.8. The van der Waals surface area contributed by atoms with Gasteiger partial charge in [-0.25, -0.2) is 0 Å². The summed E-state index contributed by atoms with van der Waals surface area (Å²) in [7, 11) is 1.28. The van der Waals surface area contributed by atoms with Gasteiger partial charge in [0.1, 0.15) is 5.75 Å². The van der Waals surface area contributed by atoms with Crippen molar-refractivity contribution in [1.82, 2.24) is 5.32 Å². The number of amides is 2. The van der Waals surface area contributed by atoms with E-state index in [0.717, 1.165) is 6.07 Å². The van der Waals surface area contributed by atoms with E-state index < -0.39 is 22.3 Å². The lowest BCUT2D eigenvalue weighted by molar-refractivity contribution is -0.384. The number of aliphatic hydroxyl groups is 1. The number of nitro groups is 1. The van der Waals surface area contributed by atoms with E-state index in [9.17, 15) is 19.7 Å². The molecule has 0 radical (unpaired) electrons. The highest BCUT2D eigenvalue weighted by Crippen LogP contribution is 2.28. The molecule has 9 heteroatoms. The molecule has 1 aromatic carbocycles. The van der Waals surface area contributed by atoms with Crippen LogP contribution >= 0.6 is 0 Å². The molecule has 0 aliphatic heterocycles. The molecule has 0 aliphatic rings. The Labute approximate surface area is 126 Å². The molecule has 0 aliphatic carbocycles. The van der Waals surface area contributed by atoms with Gasteiger partial charge in [0.05, 0.1) is 35.9 Å². The van der Waals surface area contributed by atoms with E-state index in [1.807, 2.05) is 0 Å². The zero-order valence-corrected chi connectivity index (χ0v) is 12.4. The van der Waals surface area contributed by atoms with E-state index in [1.54, 1.807) is 13.8 Å². The van der Waals surface area contributed by atoms with E-state index in [4.69, 9.17) is 9.84 Å². The number of ether oxygens (including phenoxy) is 1. The van der Waals surface area contributed by atoms with Gasteiger partial charge in [0.25, 0.3) is 5.69 Å². The van der Waals surface area contributed by atoms with E-state index in [2.05, 4.69) is 10.6 Å². The Bertz CT molecular complexity index is 599. The molecule has 1 aromatic rings. The second-order valence-electron chi connectivity index (χ2n) is 5.09. The molecular formula is C13H17N3O6. The molecule has 9 nitrogen and oxygen atoms in total. The van der Waals surface area contributed by atoms with Crippen molar-refractivity contribution in [1.29, 1.82) is 0 Å². The second kappa shape index (κ2) is 6.85. The van der Waals surface area contributed by atoms with E-state index in [-0.39, 0.29) is 23.7 Å². The molecule has 0 atom stereocenters. The van der Waals surface area contributed by atoms with E-state index >= 15 is 0 Å². The van der Waals surface area contributed by atoms with Crippen molar-refractivity contribution in [2.45, 2.75) is 19.4 Å². The summed E-state index contributed by atoms with van der Waals surface area (Å²) in [6, 6.07) is 3.57. The Morgan fingerprint density at radius 3 is 2.50 bits per heavy atom. The quantitative estimate of drug-likeness (QED) is 0.410. The zero-order valence-electron chi connectivity index (χ0n) is 12.4. The molecule has 0 spiro atoms. The van der Waals surface area contributed by atoms with Crippen molar-refractivity contribution in [3.05, 3.63) is 28.3 Å². The molecule has 22 heavy (non-hydrogen) atoms. The Morgan fingerprint density at radius 1 is 1.36 bits per heavy atom. The molecule has 0 unspecified atom stereocenters. The number of methoxy groups -OCH3 is 1. The van der Waals surface area contributed by atoms with Gasteiger partial charge in [-0.2, -0.15) is 0 Å². The standard InChI is InChI=1S/C13H17N3O6/c1-13(2,7-17)15-12(19)11(18)14-9-5-4-8(16(20)21)6-10(9)22-3/h4-6,17H,7H2,1-3H3,(H,14,18)(H,15,19). The largest absolute Gasteiger partial charge is 0.494 e. The molecule has 3 N–H and O–H groups in total. The first-order valence-corrected chi connectivity index (χ1v) is 6.27. The van der Waals surface area contributed by atoms with Gasteiger partial charge in [0.15, 0.2) is 0 Å². The number of carbonyl (C=O) groups excluding carboxylic acids is 2. The van der Waals surface area contributed by atoms with Crippen molar-refractivity contribution < 1.29 is 24.4 Å². The highest BCUT2D eigenvalue weighted by molar-refractivity contribution is 6.40. The third kappa shape index (κ3) is 4.42. The van der Waals surface area contributed by atoms with Gasteiger partial charge in [-0.1, -0.05) is 0 Å². The predicted molar refractivity (Wildman–Crippen MR) is 77.6 cm³/mol. The van der Waals surface area contributed by atoms with Crippen molar-refractivity contribution >= 4 is 23.2 Å². The van der Waals surface area contributed by atoms with Crippen LogP contribution in [0.5, 0.6) is 5.75 Å². The summed E-state index contributed by atoms with van der Waals surface area (Å²) in [6.45, 7) is 2.75. The first-order valence-electron chi connectivity index (χ1n) is 6.27. The van der Waals surface area contributed by atoms with Gasteiger partial charge in [0.2, 0.25) is 0 Å². The molecule has 1 rings (SSSR count). The minimum atomic E-state index is -0.978. The summed E-state index contributed by atoms with van der Waals surface area (Å²) < 4.78 is 4.95. The summed E-state index contributed by atoms with van der Waals surface area (Å²) >= 11 is 0. The number of hydrogen-bond acceptors (Lipinski definition) is 6. The lowest BCUT2D eigenvalue weighted by Crippen LogP contribution is -2.50. The number of hydrogen-bond donors (Lipinski definition) is 3. The number of nitrogens with zero attached hydrogens (tertiary/aromatic N) is 1. The minimum absolute atomic E-state index is 0.0526. The van der Waals surface area contributed by atoms with Gasteiger partial charge < -0.3 is 20.5 Å². The van der Waals surface area contributed by atoms with Crippen LogP contribution in [0.2, 0.25) is 0 Å². The summed E-state index contributed by atoms with van der Waals surface area (Å²) in [6.07, 6.45) is 0. The Kier molecular flexibility index (Phi) is 5.41. The predicted octanol–water partition coefficient (Wildman–Crippen LogP) is 0.429. The third-order valence-corrected chi connectivity index (χ3v) is 2.70. The fourth-order valence-corrected chi connectivity index (χ4v) is 1.48. The van der Waals surface area contributed by atoms with Crippen LogP contribution < -0.4 is 15.4 Å². The van der Waals surface area contributed by atoms with E-state index in [0.29, 0.717) is 0 Å². The minimum Gasteiger partial charge on any atom is -0.494 e. The Balaban J connectivity index is 2.88. The van der Waals surface area contributed by atoms with Crippen LogP contribution in [0.3, 0.4) is 0 Å². The van der Waals surface area contributed by atoms with E-state index in [1.165, 1.54) is 19.2 Å². The number of anilines is 1. The summed E-state index contributed by atoms with van der Waals surface area (Å²) in [5.74, 6) is -1.87. The normalized spacial score (nSPS) is 10.7. The average Bonchev–Trinajstić information content (AvgIpc) is 2.46. The molecule has 0 saturated heterocycles. The van der Waals surface area contributed by atoms with Crippen molar-refractivity contribution in [3.8, 4) is 5.75 Å². The van der Waals surface area contributed by atoms with Gasteiger partial charge in [-0.05, 0) is 19.9 Å². The zero-order chi connectivity index (χ0) is 16.9. The lowest BCUT2D eigenvalue weighted by atomic mass is 10.1. The first-order chi connectivity index (χ1) is 10.2. The summed E-state index contributed by atoms with van der Waals surface area (Å²) in [5, 5.41) is 24.4. The van der Waals surface area contributed by atoms with Crippen LogP contribution in [0.25, 0.3) is 0 Å². The van der Waals surface area contributed by atoms with Crippen LogP contribution in [0, 0.1) is 10.1 Å². The molecule has 0 aromatic heterocycles. The van der Waals surface area contributed by atoms with Gasteiger partial charge in [-0.15, -0.1) is 0 Å². The molecule has 0 bridgehead atoms. The highest BCUT2D eigenvalue weighted by Gasteiger charge is 2.24. The van der Waals surface area contributed by atoms with Crippen molar-refractivity contribution in [3.63, 3.8) is 0 Å². The smallest absolute Gasteiger partial charge is 0.313 e. The SMILES string of the molecule is COc1cc([N+](=O)[O-])ccc1NC(=O)C(=O)NC(C)(C)CO. The topological polar surface area (TPSA) is 131 Å². The fourth-order valence-electron chi connectivity index (χ4n) is 1.48. The molecule has 2 amide bonds. The van der Waals surface area contributed by atoms with Crippen LogP contribution in [0.15, 0.2) is 18.2 Å². The Hall–Kier alpha value is -2.68. The number of carbonyl (C=O) groups is 2. The third-order valence-electron chi connectivity index (χ3n) is 2.70. The monoisotopic (exact) mass is 311 g/mol. The van der Waals surface area contributed by atoms with Gasteiger partial charge >= 0.3 is 11.8 Å². The number of nitro benzene ring substituents is 1. The molecule has 120 valence electrons. The van der Waals surface area contributed by atoms with Crippen LogP contribution in [0.4, 0.5) is 11.4 Å². The average molecular weight is 311 g/mol. The molecule has 0 fully saturated rings. The maximum Gasteiger partial charge on any atom is 0.313 e. The maximum atomic E-state index is 11.8.